The summed E-state index contributed by atoms with van der Waals surface area (Å²) in [4.78, 5) is 11.9. The SMILES string of the molecule is Cc1cc(-c2ccc3c(c2)C(=O)NC3)ccc1[C@@H](O)[C@H]1OC(CO)[C@@H](O)[C@H](O)C1O. The molecule has 6 atom stereocenters. The Labute approximate surface area is 173 Å². The van der Waals surface area contributed by atoms with Gasteiger partial charge in [-0.3, -0.25) is 4.79 Å². The molecule has 0 saturated carbocycles. The van der Waals surface area contributed by atoms with Crippen molar-refractivity contribution in [3.05, 3.63) is 58.7 Å². The highest BCUT2D eigenvalue weighted by molar-refractivity contribution is 5.99. The van der Waals surface area contributed by atoms with Gasteiger partial charge in [-0.2, -0.15) is 0 Å². The number of benzene rings is 2. The van der Waals surface area contributed by atoms with Gasteiger partial charge >= 0.3 is 0 Å². The zero-order chi connectivity index (χ0) is 21.6. The molecule has 2 aliphatic rings. The molecule has 0 aliphatic carbocycles. The minimum absolute atomic E-state index is 0.0989. The van der Waals surface area contributed by atoms with E-state index in [1.807, 2.05) is 24.3 Å². The van der Waals surface area contributed by atoms with E-state index in [1.165, 1.54) is 0 Å². The van der Waals surface area contributed by atoms with Crippen LogP contribution in [0.2, 0.25) is 0 Å². The maximum Gasteiger partial charge on any atom is 0.251 e. The molecule has 1 fully saturated rings. The van der Waals surface area contributed by atoms with E-state index in [1.54, 1.807) is 19.1 Å². The third-order valence-electron chi connectivity index (χ3n) is 5.96. The average molecular weight is 415 g/mol. The Bertz CT molecular complexity index is 960. The van der Waals surface area contributed by atoms with Crippen LogP contribution in [-0.2, 0) is 11.3 Å². The summed E-state index contributed by atoms with van der Waals surface area (Å²) in [7, 11) is 0. The second kappa shape index (κ2) is 8.07. The van der Waals surface area contributed by atoms with Gasteiger partial charge in [-0.25, -0.2) is 0 Å². The van der Waals surface area contributed by atoms with Gasteiger partial charge in [0.2, 0.25) is 0 Å². The first kappa shape index (κ1) is 20.9. The topological polar surface area (TPSA) is 139 Å². The fourth-order valence-corrected chi connectivity index (χ4v) is 4.15. The normalized spacial score (nSPS) is 29.4. The Kier molecular flexibility index (Phi) is 5.63. The first-order valence-electron chi connectivity index (χ1n) is 9.82. The van der Waals surface area contributed by atoms with Crippen LogP contribution in [0.5, 0.6) is 0 Å². The third-order valence-corrected chi connectivity index (χ3v) is 5.96. The lowest BCUT2D eigenvalue weighted by Crippen LogP contribution is -2.59. The molecule has 0 spiro atoms. The van der Waals surface area contributed by atoms with Gasteiger partial charge in [-0.15, -0.1) is 0 Å². The van der Waals surface area contributed by atoms with Crippen LogP contribution in [0.3, 0.4) is 0 Å². The molecule has 2 aromatic rings. The minimum atomic E-state index is -1.55. The van der Waals surface area contributed by atoms with E-state index in [4.69, 9.17) is 4.74 Å². The van der Waals surface area contributed by atoms with Crippen molar-refractivity contribution >= 4 is 5.91 Å². The summed E-state index contributed by atoms with van der Waals surface area (Å²) in [6.45, 7) is 1.77. The smallest absolute Gasteiger partial charge is 0.251 e. The van der Waals surface area contributed by atoms with Crippen LogP contribution in [0.15, 0.2) is 36.4 Å². The number of aliphatic hydroxyl groups is 5. The highest BCUT2D eigenvalue weighted by atomic mass is 16.6. The number of hydrogen-bond donors (Lipinski definition) is 6. The van der Waals surface area contributed by atoms with E-state index in [2.05, 4.69) is 5.32 Å². The van der Waals surface area contributed by atoms with Gasteiger partial charge in [0, 0.05) is 12.1 Å². The minimum Gasteiger partial charge on any atom is -0.394 e. The summed E-state index contributed by atoms with van der Waals surface area (Å²) in [5.74, 6) is -0.0989. The molecule has 0 radical (unpaired) electrons. The molecule has 2 heterocycles. The summed E-state index contributed by atoms with van der Waals surface area (Å²) >= 11 is 0. The predicted molar refractivity (Wildman–Crippen MR) is 107 cm³/mol. The number of fused-ring (bicyclic) bond motifs is 1. The van der Waals surface area contributed by atoms with Gasteiger partial charge in [-0.05, 0) is 40.8 Å². The lowest BCUT2D eigenvalue weighted by atomic mass is 9.87. The molecule has 0 bridgehead atoms. The van der Waals surface area contributed by atoms with Crippen LogP contribution >= 0.6 is 0 Å². The van der Waals surface area contributed by atoms with Crippen molar-refractivity contribution in [2.75, 3.05) is 6.61 Å². The average Bonchev–Trinajstić information content (AvgIpc) is 3.12. The van der Waals surface area contributed by atoms with Crippen LogP contribution in [0, 0.1) is 6.92 Å². The molecule has 4 rings (SSSR count). The molecule has 6 N–H and O–H groups in total. The largest absolute Gasteiger partial charge is 0.394 e. The molecular weight excluding hydrogens is 390 g/mol. The molecular formula is C22H25NO7. The van der Waals surface area contributed by atoms with Crippen LogP contribution in [0.1, 0.15) is 33.2 Å². The zero-order valence-electron chi connectivity index (χ0n) is 16.4. The van der Waals surface area contributed by atoms with Crippen molar-refractivity contribution in [1.29, 1.82) is 0 Å². The maximum atomic E-state index is 11.9. The van der Waals surface area contributed by atoms with Crippen molar-refractivity contribution in [3.8, 4) is 11.1 Å². The second-order valence-electron chi connectivity index (χ2n) is 7.86. The summed E-state index contributed by atoms with van der Waals surface area (Å²) in [5.41, 5.74) is 4.54. The number of aliphatic hydroxyl groups excluding tert-OH is 5. The van der Waals surface area contributed by atoms with Crippen molar-refractivity contribution in [3.63, 3.8) is 0 Å². The quantitative estimate of drug-likeness (QED) is 0.406. The molecule has 2 unspecified atom stereocenters. The highest BCUT2D eigenvalue weighted by Crippen LogP contribution is 2.34. The monoisotopic (exact) mass is 415 g/mol. The highest BCUT2D eigenvalue weighted by Gasteiger charge is 2.46. The number of aryl methyl sites for hydroxylation is 1. The number of carbonyl (C=O) groups is 1. The molecule has 160 valence electrons. The van der Waals surface area contributed by atoms with Crippen LogP contribution in [0.4, 0.5) is 0 Å². The lowest BCUT2D eigenvalue weighted by molar-refractivity contribution is -0.250. The number of ether oxygens (including phenoxy) is 1. The van der Waals surface area contributed by atoms with Crippen LogP contribution < -0.4 is 5.32 Å². The van der Waals surface area contributed by atoms with Crippen molar-refractivity contribution < 1.29 is 35.1 Å². The molecule has 2 aromatic carbocycles. The van der Waals surface area contributed by atoms with Crippen LogP contribution in [0.25, 0.3) is 11.1 Å². The molecule has 1 amide bonds. The summed E-state index contributed by atoms with van der Waals surface area (Å²) < 4.78 is 5.47. The molecule has 1 saturated heterocycles. The third kappa shape index (κ3) is 3.51. The summed E-state index contributed by atoms with van der Waals surface area (Å²) in [5, 5.41) is 53.2. The first-order chi connectivity index (χ1) is 14.3. The van der Waals surface area contributed by atoms with E-state index in [0.29, 0.717) is 17.7 Å². The molecule has 8 nitrogen and oxygen atoms in total. The van der Waals surface area contributed by atoms with Gasteiger partial charge in [0.05, 0.1) is 6.61 Å². The maximum absolute atomic E-state index is 11.9. The van der Waals surface area contributed by atoms with E-state index in [0.717, 1.165) is 22.3 Å². The van der Waals surface area contributed by atoms with Gasteiger partial charge < -0.3 is 35.6 Å². The standard InChI is InChI=1S/C22H25NO7/c1-10-6-11(12-2-3-13-8-23-22(29)15(13)7-12)4-5-14(10)17(25)21-20(28)19(27)18(26)16(9-24)30-21/h2-7,16-21,24-28H,8-9H2,1H3,(H,23,29)/t16?,17-,18-,19+,20?,21-/m1/s1. The number of hydrogen-bond acceptors (Lipinski definition) is 7. The Morgan fingerprint density at radius 3 is 2.47 bits per heavy atom. The molecule has 0 aromatic heterocycles. The van der Waals surface area contributed by atoms with E-state index < -0.39 is 43.2 Å². The van der Waals surface area contributed by atoms with Gasteiger partial charge in [0.1, 0.15) is 36.6 Å². The zero-order valence-corrected chi connectivity index (χ0v) is 16.4. The van der Waals surface area contributed by atoms with E-state index in [9.17, 15) is 30.3 Å². The number of amides is 1. The fourth-order valence-electron chi connectivity index (χ4n) is 4.15. The Balaban J connectivity index is 1.60. The molecule has 8 heteroatoms. The van der Waals surface area contributed by atoms with E-state index >= 15 is 0 Å². The Hall–Kier alpha value is -2.33. The first-order valence-corrected chi connectivity index (χ1v) is 9.82. The van der Waals surface area contributed by atoms with Gasteiger partial charge in [-0.1, -0.05) is 30.3 Å². The Morgan fingerprint density at radius 2 is 1.77 bits per heavy atom. The van der Waals surface area contributed by atoms with Gasteiger partial charge in [0.25, 0.3) is 5.91 Å². The van der Waals surface area contributed by atoms with E-state index in [-0.39, 0.29) is 5.91 Å². The predicted octanol–water partition coefficient (Wildman–Crippen LogP) is -0.219. The van der Waals surface area contributed by atoms with Crippen LogP contribution in [-0.4, -0.2) is 68.6 Å². The second-order valence-corrected chi connectivity index (χ2v) is 7.86. The summed E-state index contributed by atoms with van der Waals surface area (Å²) in [6.07, 6.45) is -8.13. The number of rotatable bonds is 4. The van der Waals surface area contributed by atoms with Gasteiger partial charge in [0.15, 0.2) is 0 Å². The Morgan fingerprint density at radius 1 is 1.07 bits per heavy atom. The number of nitrogens with one attached hydrogen (secondary N) is 1. The molecule has 30 heavy (non-hydrogen) atoms. The van der Waals surface area contributed by atoms with Crippen molar-refractivity contribution in [1.82, 2.24) is 5.32 Å². The number of carbonyl (C=O) groups excluding carboxylic acids is 1. The summed E-state index contributed by atoms with van der Waals surface area (Å²) in [6, 6.07) is 11.0. The van der Waals surface area contributed by atoms with Crippen molar-refractivity contribution in [2.24, 2.45) is 0 Å². The fraction of sp³-hybridized carbons (Fsp3) is 0.409. The van der Waals surface area contributed by atoms with Crippen molar-refractivity contribution in [2.45, 2.75) is 50.1 Å². The molecule has 2 aliphatic heterocycles. The lowest BCUT2D eigenvalue weighted by Gasteiger charge is -2.42.